The molecule has 124 valence electrons. The maximum atomic E-state index is 10.1. The SMILES string of the molecule is C[C@H]1CCC[C@]23CCN(CC4CC4)[C@H](Cc4ccc(O)cc42)C13. The predicted molar refractivity (Wildman–Crippen MR) is 92.7 cm³/mol. The number of fused-ring (bicyclic) bond motifs is 1. The molecule has 2 bridgehead atoms. The minimum Gasteiger partial charge on any atom is -0.508 e. The van der Waals surface area contributed by atoms with Crippen LogP contribution in [0.3, 0.4) is 0 Å². The van der Waals surface area contributed by atoms with Gasteiger partial charge < -0.3 is 5.11 Å². The highest BCUT2D eigenvalue weighted by atomic mass is 16.3. The molecule has 23 heavy (non-hydrogen) atoms. The van der Waals surface area contributed by atoms with Crippen molar-refractivity contribution in [1.29, 1.82) is 0 Å². The number of nitrogens with zero attached hydrogens (tertiary/aromatic N) is 1. The quantitative estimate of drug-likeness (QED) is 0.888. The van der Waals surface area contributed by atoms with E-state index in [1.54, 1.807) is 0 Å². The Kier molecular flexibility index (Phi) is 3.11. The van der Waals surface area contributed by atoms with E-state index in [0.717, 1.165) is 23.8 Å². The van der Waals surface area contributed by atoms with Crippen molar-refractivity contribution < 1.29 is 5.11 Å². The molecule has 3 aliphatic carbocycles. The van der Waals surface area contributed by atoms with Gasteiger partial charge in [0, 0.05) is 18.0 Å². The summed E-state index contributed by atoms with van der Waals surface area (Å²) >= 11 is 0. The lowest BCUT2D eigenvalue weighted by Gasteiger charge is -2.61. The van der Waals surface area contributed by atoms with Gasteiger partial charge in [-0.3, -0.25) is 4.90 Å². The number of likely N-dealkylation sites (tertiary alicyclic amines) is 1. The summed E-state index contributed by atoms with van der Waals surface area (Å²) in [4.78, 5) is 2.86. The van der Waals surface area contributed by atoms with Crippen LogP contribution in [-0.2, 0) is 11.8 Å². The zero-order valence-electron chi connectivity index (χ0n) is 14.3. The molecule has 1 unspecified atom stereocenters. The second kappa shape index (κ2) is 4.99. The van der Waals surface area contributed by atoms with E-state index in [1.807, 2.05) is 6.07 Å². The van der Waals surface area contributed by atoms with Gasteiger partial charge in [-0.15, -0.1) is 0 Å². The van der Waals surface area contributed by atoms with Gasteiger partial charge in [0.2, 0.25) is 0 Å². The lowest BCUT2D eigenvalue weighted by atomic mass is 9.49. The standard InChI is InChI=1S/C21H29NO/c1-14-3-2-8-21-9-10-22(13-15-4-5-15)19(20(14)21)11-16-6-7-17(23)12-18(16)21/h6-7,12,14-15,19-20,23H,2-5,8-11,13H2,1H3/t14-,19+,20?,21-/m0/s1. The van der Waals surface area contributed by atoms with Crippen LogP contribution in [0.25, 0.3) is 0 Å². The molecule has 1 N–H and O–H groups in total. The highest BCUT2D eigenvalue weighted by molar-refractivity contribution is 5.45. The molecule has 5 rings (SSSR count). The van der Waals surface area contributed by atoms with Crippen molar-refractivity contribution >= 4 is 0 Å². The number of benzene rings is 1. The van der Waals surface area contributed by atoms with Crippen LogP contribution in [-0.4, -0.2) is 29.1 Å². The second-order valence-electron chi connectivity index (χ2n) is 8.85. The van der Waals surface area contributed by atoms with Crippen LogP contribution in [0.15, 0.2) is 18.2 Å². The second-order valence-corrected chi connectivity index (χ2v) is 8.85. The molecule has 4 aliphatic rings. The maximum Gasteiger partial charge on any atom is 0.115 e. The van der Waals surface area contributed by atoms with E-state index >= 15 is 0 Å². The fourth-order valence-corrected chi connectivity index (χ4v) is 6.40. The molecule has 0 aromatic heterocycles. The third-order valence-corrected chi connectivity index (χ3v) is 7.51. The number of phenolic OH excluding ortho intramolecular Hbond substituents is 1. The summed E-state index contributed by atoms with van der Waals surface area (Å²) in [5.41, 5.74) is 3.39. The topological polar surface area (TPSA) is 23.5 Å². The number of piperidine rings is 1. The molecule has 2 saturated carbocycles. The summed E-state index contributed by atoms with van der Waals surface area (Å²) in [7, 11) is 0. The number of aromatic hydroxyl groups is 1. The molecule has 0 spiro atoms. The van der Waals surface area contributed by atoms with Crippen LogP contribution < -0.4 is 0 Å². The molecule has 0 amide bonds. The zero-order chi connectivity index (χ0) is 15.6. The zero-order valence-corrected chi connectivity index (χ0v) is 14.3. The molecule has 0 radical (unpaired) electrons. The first-order valence-electron chi connectivity index (χ1n) is 9.74. The van der Waals surface area contributed by atoms with Crippen molar-refractivity contribution in [3.8, 4) is 5.75 Å². The Morgan fingerprint density at radius 3 is 2.91 bits per heavy atom. The largest absolute Gasteiger partial charge is 0.508 e. The molecule has 1 aromatic rings. The monoisotopic (exact) mass is 311 g/mol. The number of hydrogen-bond acceptors (Lipinski definition) is 2. The molecule has 4 atom stereocenters. The summed E-state index contributed by atoms with van der Waals surface area (Å²) in [5.74, 6) is 3.08. The average Bonchev–Trinajstić information content (AvgIpc) is 3.35. The van der Waals surface area contributed by atoms with Crippen LogP contribution in [0.1, 0.15) is 56.6 Å². The van der Waals surface area contributed by atoms with Crippen LogP contribution >= 0.6 is 0 Å². The molecule has 1 aromatic carbocycles. The van der Waals surface area contributed by atoms with Crippen molar-refractivity contribution in [3.63, 3.8) is 0 Å². The fourth-order valence-electron chi connectivity index (χ4n) is 6.40. The van der Waals surface area contributed by atoms with Gasteiger partial charge in [-0.05, 0) is 79.7 Å². The van der Waals surface area contributed by atoms with E-state index in [9.17, 15) is 5.11 Å². The van der Waals surface area contributed by atoms with Gasteiger partial charge in [0.05, 0.1) is 0 Å². The van der Waals surface area contributed by atoms with Gasteiger partial charge in [-0.1, -0.05) is 25.8 Å². The third kappa shape index (κ3) is 2.10. The Balaban J connectivity index is 1.61. The van der Waals surface area contributed by atoms with Gasteiger partial charge in [-0.25, -0.2) is 0 Å². The summed E-state index contributed by atoms with van der Waals surface area (Å²) in [6.45, 7) is 5.12. The van der Waals surface area contributed by atoms with Crippen molar-refractivity contribution in [2.24, 2.45) is 17.8 Å². The van der Waals surface area contributed by atoms with Gasteiger partial charge >= 0.3 is 0 Å². The first-order chi connectivity index (χ1) is 11.2. The van der Waals surface area contributed by atoms with E-state index in [4.69, 9.17) is 0 Å². The third-order valence-electron chi connectivity index (χ3n) is 7.51. The Morgan fingerprint density at radius 1 is 1.22 bits per heavy atom. The smallest absolute Gasteiger partial charge is 0.115 e. The van der Waals surface area contributed by atoms with Gasteiger partial charge in [0.1, 0.15) is 5.75 Å². The summed E-state index contributed by atoms with van der Waals surface area (Å²) in [6.07, 6.45) is 9.53. The summed E-state index contributed by atoms with van der Waals surface area (Å²) in [6, 6.07) is 6.99. The Hall–Kier alpha value is -1.02. The van der Waals surface area contributed by atoms with Crippen LogP contribution in [0.5, 0.6) is 5.75 Å². The molecule has 1 aliphatic heterocycles. The van der Waals surface area contributed by atoms with E-state index in [1.165, 1.54) is 69.2 Å². The van der Waals surface area contributed by atoms with E-state index in [-0.39, 0.29) is 0 Å². The van der Waals surface area contributed by atoms with Crippen LogP contribution in [0.4, 0.5) is 0 Å². The minimum atomic E-state index is 0.356. The summed E-state index contributed by atoms with van der Waals surface area (Å²) in [5, 5.41) is 10.1. The lowest BCUT2D eigenvalue weighted by molar-refractivity contribution is -0.0406. The highest BCUT2D eigenvalue weighted by Crippen LogP contribution is 2.58. The molecular formula is C21H29NO. The van der Waals surface area contributed by atoms with Gasteiger partial charge in [0.15, 0.2) is 0 Å². The Bertz CT molecular complexity index is 622. The Labute approximate surface area is 139 Å². The van der Waals surface area contributed by atoms with Gasteiger partial charge in [0.25, 0.3) is 0 Å². The lowest BCUT2D eigenvalue weighted by Crippen LogP contribution is -2.63. The summed E-state index contributed by atoms with van der Waals surface area (Å²) < 4.78 is 0. The van der Waals surface area contributed by atoms with E-state index in [2.05, 4.69) is 24.0 Å². The number of hydrogen-bond donors (Lipinski definition) is 1. The normalized spacial score (nSPS) is 39.6. The molecule has 1 heterocycles. The molecule has 2 nitrogen and oxygen atoms in total. The van der Waals surface area contributed by atoms with Crippen molar-refractivity contribution in [2.75, 3.05) is 13.1 Å². The fraction of sp³-hybridized carbons (Fsp3) is 0.714. The maximum absolute atomic E-state index is 10.1. The predicted octanol–water partition coefficient (Wildman–Crippen LogP) is 4.11. The average molecular weight is 311 g/mol. The molecule has 2 heteroatoms. The Morgan fingerprint density at radius 2 is 2.09 bits per heavy atom. The first kappa shape index (κ1) is 14.3. The minimum absolute atomic E-state index is 0.356. The molecule has 1 saturated heterocycles. The molecule has 3 fully saturated rings. The van der Waals surface area contributed by atoms with Crippen molar-refractivity contribution in [1.82, 2.24) is 4.90 Å². The van der Waals surface area contributed by atoms with E-state index in [0.29, 0.717) is 11.2 Å². The van der Waals surface area contributed by atoms with Gasteiger partial charge in [-0.2, -0.15) is 0 Å². The van der Waals surface area contributed by atoms with Crippen LogP contribution in [0.2, 0.25) is 0 Å². The van der Waals surface area contributed by atoms with E-state index < -0.39 is 0 Å². The number of rotatable bonds is 2. The molecular weight excluding hydrogens is 282 g/mol. The first-order valence-corrected chi connectivity index (χ1v) is 9.74. The van der Waals surface area contributed by atoms with Crippen molar-refractivity contribution in [3.05, 3.63) is 29.3 Å². The highest BCUT2D eigenvalue weighted by Gasteiger charge is 2.56. The van der Waals surface area contributed by atoms with Crippen molar-refractivity contribution in [2.45, 2.75) is 63.3 Å². The number of phenols is 1. The van der Waals surface area contributed by atoms with Crippen LogP contribution in [0, 0.1) is 17.8 Å².